The van der Waals surface area contributed by atoms with Gasteiger partial charge in [-0.3, -0.25) is 0 Å². The van der Waals surface area contributed by atoms with E-state index in [2.05, 4.69) is 6.58 Å². The van der Waals surface area contributed by atoms with E-state index in [1.807, 2.05) is 55.4 Å². The smallest absolute Gasteiger partial charge is 0.118 e. The number of nitrogens with zero attached hydrogens (tertiary/aromatic N) is 1. The van der Waals surface area contributed by atoms with Crippen molar-refractivity contribution in [3.63, 3.8) is 0 Å². The largest absolute Gasteiger partial charge is 0.497 e. The summed E-state index contributed by atoms with van der Waals surface area (Å²) in [7, 11) is 0.625. The van der Waals surface area contributed by atoms with Gasteiger partial charge in [-0.2, -0.15) is 0 Å². The van der Waals surface area contributed by atoms with Crippen LogP contribution < -0.4 is 4.74 Å². The molecule has 0 bridgehead atoms. The molecular weight excluding hydrogens is 258 g/mol. The zero-order valence-electron chi connectivity index (χ0n) is 12.0. The monoisotopic (exact) mass is 279 g/mol. The van der Waals surface area contributed by atoms with Gasteiger partial charge in [-0.05, 0) is 38.5 Å². The highest BCUT2D eigenvalue weighted by molar-refractivity contribution is 7.84. The third-order valence-electron chi connectivity index (χ3n) is 3.38. The highest BCUT2D eigenvalue weighted by Gasteiger charge is 2.56. The summed E-state index contributed by atoms with van der Waals surface area (Å²) >= 11 is 0. The van der Waals surface area contributed by atoms with Gasteiger partial charge in [0.1, 0.15) is 16.7 Å². The van der Waals surface area contributed by atoms with Crippen molar-refractivity contribution in [3.05, 3.63) is 42.5 Å². The van der Waals surface area contributed by atoms with Crippen molar-refractivity contribution in [1.82, 2.24) is 4.31 Å². The minimum absolute atomic E-state index is 0.253. The minimum Gasteiger partial charge on any atom is -0.497 e. The van der Waals surface area contributed by atoms with Crippen LogP contribution in [0.2, 0.25) is 0 Å². The summed E-state index contributed by atoms with van der Waals surface area (Å²) in [5, 5.41) is 0. The van der Waals surface area contributed by atoms with Crippen molar-refractivity contribution < 1.29 is 8.95 Å². The molecule has 2 unspecified atom stereocenters. The Bertz CT molecular complexity index is 504. The van der Waals surface area contributed by atoms with Crippen LogP contribution in [0.15, 0.2) is 36.9 Å². The number of hydrogen-bond acceptors (Lipinski definition) is 2. The standard InChI is InChI=1S/C15H21NO2S/c1-6-15(11-16(15)19(17)14(2,3)4)12-7-9-13(18-5)10-8-12/h6-10H,1,11H2,2-5H3/t15-,16?,19?/m1/s1. The van der Waals surface area contributed by atoms with Gasteiger partial charge < -0.3 is 4.74 Å². The SMILES string of the molecule is C=C[C@]1(c2ccc(OC)cc2)CN1S(=O)C(C)(C)C. The normalized spacial score (nSPS) is 27.7. The van der Waals surface area contributed by atoms with Gasteiger partial charge >= 0.3 is 0 Å². The van der Waals surface area contributed by atoms with Crippen LogP contribution in [-0.2, 0) is 16.5 Å². The van der Waals surface area contributed by atoms with Crippen LogP contribution in [0, 0.1) is 0 Å². The van der Waals surface area contributed by atoms with Crippen molar-refractivity contribution >= 4 is 11.0 Å². The average Bonchev–Trinajstić information content (AvgIpc) is 3.12. The van der Waals surface area contributed by atoms with Crippen LogP contribution in [0.3, 0.4) is 0 Å². The molecule has 1 aliphatic heterocycles. The first-order valence-corrected chi connectivity index (χ1v) is 7.43. The summed E-state index contributed by atoms with van der Waals surface area (Å²) in [6, 6.07) is 7.88. The first kappa shape index (κ1) is 14.3. The van der Waals surface area contributed by atoms with Crippen LogP contribution in [0.5, 0.6) is 5.75 Å². The second kappa shape index (κ2) is 4.76. The predicted molar refractivity (Wildman–Crippen MR) is 79.5 cm³/mol. The maximum Gasteiger partial charge on any atom is 0.118 e. The number of benzene rings is 1. The third-order valence-corrected chi connectivity index (χ3v) is 5.28. The number of rotatable bonds is 4. The molecule has 1 saturated heterocycles. The minimum atomic E-state index is -1.02. The summed E-state index contributed by atoms with van der Waals surface area (Å²) in [6.45, 7) is 10.6. The first-order valence-electron chi connectivity index (χ1n) is 6.33. The van der Waals surface area contributed by atoms with Crippen LogP contribution in [0.1, 0.15) is 26.3 Å². The molecule has 1 aromatic rings. The van der Waals surface area contributed by atoms with Crippen LogP contribution in [0.25, 0.3) is 0 Å². The van der Waals surface area contributed by atoms with Crippen LogP contribution in [-0.4, -0.2) is 26.9 Å². The lowest BCUT2D eigenvalue weighted by molar-refractivity contribution is 0.414. The van der Waals surface area contributed by atoms with Crippen LogP contribution in [0.4, 0.5) is 0 Å². The Kier molecular flexibility index (Phi) is 3.58. The molecule has 4 heteroatoms. The Balaban J connectivity index is 2.27. The molecule has 3 nitrogen and oxygen atoms in total. The molecule has 1 fully saturated rings. The van der Waals surface area contributed by atoms with Crippen molar-refractivity contribution in [3.8, 4) is 5.75 Å². The Hall–Kier alpha value is -1.13. The molecule has 2 rings (SSSR count). The molecule has 0 aromatic heterocycles. The van der Waals surface area contributed by atoms with Gasteiger partial charge in [0.25, 0.3) is 0 Å². The van der Waals surface area contributed by atoms with Crippen LogP contribution >= 0.6 is 0 Å². The van der Waals surface area contributed by atoms with Gasteiger partial charge in [-0.1, -0.05) is 18.2 Å². The molecule has 1 heterocycles. The fourth-order valence-electron chi connectivity index (χ4n) is 2.12. The van der Waals surface area contributed by atoms with Crippen molar-refractivity contribution in [1.29, 1.82) is 0 Å². The fourth-order valence-corrected chi connectivity index (χ4v) is 3.57. The van der Waals surface area contributed by atoms with E-state index in [0.717, 1.165) is 17.9 Å². The van der Waals surface area contributed by atoms with Gasteiger partial charge in [0, 0.05) is 6.54 Å². The summed E-state index contributed by atoms with van der Waals surface area (Å²) < 4.78 is 19.4. The molecule has 0 radical (unpaired) electrons. The lowest BCUT2D eigenvalue weighted by Gasteiger charge is -2.21. The van der Waals surface area contributed by atoms with Crippen molar-refractivity contribution in [2.45, 2.75) is 31.1 Å². The van der Waals surface area contributed by atoms with E-state index in [4.69, 9.17) is 4.74 Å². The predicted octanol–water partition coefficient (Wildman–Crippen LogP) is 2.85. The molecule has 0 saturated carbocycles. The van der Waals surface area contributed by atoms with Gasteiger partial charge in [0.05, 0.1) is 17.4 Å². The first-order chi connectivity index (χ1) is 8.85. The van der Waals surface area contributed by atoms with E-state index < -0.39 is 11.0 Å². The molecule has 1 aromatic carbocycles. The van der Waals surface area contributed by atoms with E-state index >= 15 is 0 Å². The summed E-state index contributed by atoms with van der Waals surface area (Å²) in [5.74, 6) is 0.826. The van der Waals surface area contributed by atoms with Crippen molar-refractivity contribution in [2.24, 2.45) is 0 Å². The molecule has 0 spiro atoms. The van der Waals surface area contributed by atoms with Gasteiger partial charge in [0.2, 0.25) is 0 Å². The number of ether oxygens (including phenoxy) is 1. The second-order valence-electron chi connectivity index (χ2n) is 5.76. The maximum absolute atomic E-state index is 12.5. The summed E-state index contributed by atoms with van der Waals surface area (Å²) in [6.07, 6.45) is 1.89. The van der Waals surface area contributed by atoms with Gasteiger partial charge in [-0.15, -0.1) is 6.58 Å². The van der Waals surface area contributed by atoms with Gasteiger partial charge in [-0.25, -0.2) is 8.51 Å². The van der Waals surface area contributed by atoms with E-state index in [1.165, 1.54) is 0 Å². The molecule has 104 valence electrons. The Labute approximate surface area is 117 Å². The summed E-state index contributed by atoms with van der Waals surface area (Å²) in [4.78, 5) is 0. The fraction of sp³-hybridized carbons (Fsp3) is 0.467. The molecule has 0 amide bonds. The molecular formula is C15H21NO2S. The summed E-state index contributed by atoms with van der Waals surface area (Å²) in [5.41, 5.74) is 0.825. The Morgan fingerprint density at radius 3 is 2.37 bits per heavy atom. The van der Waals surface area contributed by atoms with E-state index in [1.54, 1.807) is 7.11 Å². The molecule has 3 atom stereocenters. The van der Waals surface area contributed by atoms with E-state index in [-0.39, 0.29) is 10.3 Å². The highest BCUT2D eigenvalue weighted by Crippen LogP contribution is 2.47. The Morgan fingerprint density at radius 1 is 1.37 bits per heavy atom. The second-order valence-corrected chi connectivity index (χ2v) is 7.92. The quantitative estimate of drug-likeness (QED) is 0.626. The zero-order valence-corrected chi connectivity index (χ0v) is 12.8. The zero-order chi connectivity index (χ0) is 14.3. The highest BCUT2D eigenvalue weighted by atomic mass is 32.2. The molecule has 0 N–H and O–H groups in total. The molecule has 1 aliphatic rings. The number of hydrogen-bond donors (Lipinski definition) is 0. The van der Waals surface area contributed by atoms with E-state index in [0.29, 0.717) is 0 Å². The lowest BCUT2D eigenvalue weighted by Crippen LogP contribution is -2.30. The average molecular weight is 279 g/mol. The van der Waals surface area contributed by atoms with Crippen molar-refractivity contribution in [2.75, 3.05) is 13.7 Å². The van der Waals surface area contributed by atoms with Gasteiger partial charge in [0.15, 0.2) is 0 Å². The third kappa shape index (κ3) is 2.47. The Morgan fingerprint density at radius 2 is 1.95 bits per heavy atom. The van der Waals surface area contributed by atoms with E-state index in [9.17, 15) is 4.21 Å². The molecule has 0 aliphatic carbocycles. The molecule has 19 heavy (non-hydrogen) atoms. The number of methoxy groups -OCH3 is 1. The maximum atomic E-state index is 12.5. The lowest BCUT2D eigenvalue weighted by atomic mass is 9.99. The topological polar surface area (TPSA) is 29.3 Å².